The number of carbonyl (C=O) groups excluding carboxylic acids is 2. The highest BCUT2D eigenvalue weighted by molar-refractivity contribution is 8.03. The van der Waals surface area contributed by atoms with E-state index in [9.17, 15) is 9.59 Å². The van der Waals surface area contributed by atoms with Crippen LogP contribution in [0.5, 0.6) is 0 Å². The van der Waals surface area contributed by atoms with E-state index in [-0.39, 0.29) is 11.4 Å². The summed E-state index contributed by atoms with van der Waals surface area (Å²) in [6.07, 6.45) is 0.604. The molecule has 2 aliphatic rings. The SMILES string of the molecule is CC1=C(C)C2=C(Cc3ccccc3S2)C(=O)C1=C=O. The molecule has 94 valence electrons. The van der Waals surface area contributed by atoms with Crippen molar-refractivity contribution in [2.24, 2.45) is 0 Å². The average molecular weight is 268 g/mol. The largest absolute Gasteiger partial charge is 0.288 e. The third kappa shape index (κ3) is 1.74. The fourth-order valence-electron chi connectivity index (χ4n) is 2.48. The van der Waals surface area contributed by atoms with Crippen LogP contribution in [-0.4, -0.2) is 11.7 Å². The van der Waals surface area contributed by atoms with Gasteiger partial charge in [0.15, 0.2) is 0 Å². The van der Waals surface area contributed by atoms with E-state index in [1.807, 2.05) is 32.0 Å². The lowest BCUT2D eigenvalue weighted by molar-refractivity contribution is -0.112. The second-order valence-corrected chi connectivity index (χ2v) is 5.80. The van der Waals surface area contributed by atoms with E-state index >= 15 is 0 Å². The Morgan fingerprint density at radius 2 is 1.89 bits per heavy atom. The number of benzene rings is 1. The van der Waals surface area contributed by atoms with E-state index in [1.165, 1.54) is 4.90 Å². The average Bonchev–Trinajstić information content (AvgIpc) is 2.44. The predicted molar refractivity (Wildman–Crippen MR) is 75.6 cm³/mol. The molecule has 0 bridgehead atoms. The number of allylic oxidation sites excluding steroid dienone is 4. The summed E-state index contributed by atoms with van der Waals surface area (Å²) in [5, 5.41) is 0. The summed E-state index contributed by atoms with van der Waals surface area (Å²) in [7, 11) is 0. The molecule has 0 saturated carbocycles. The van der Waals surface area contributed by atoms with Gasteiger partial charge in [-0.15, -0.1) is 0 Å². The Morgan fingerprint density at radius 3 is 2.63 bits per heavy atom. The quantitative estimate of drug-likeness (QED) is 0.535. The van der Waals surface area contributed by atoms with Gasteiger partial charge >= 0.3 is 0 Å². The first-order valence-electron chi connectivity index (χ1n) is 6.10. The van der Waals surface area contributed by atoms with Gasteiger partial charge in [-0.2, -0.15) is 0 Å². The minimum absolute atomic E-state index is 0.157. The molecule has 0 saturated heterocycles. The summed E-state index contributed by atoms with van der Waals surface area (Å²) in [4.78, 5) is 25.6. The van der Waals surface area contributed by atoms with Gasteiger partial charge in [-0.25, -0.2) is 4.79 Å². The van der Waals surface area contributed by atoms with Gasteiger partial charge < -0.3 is 0 Å². The minimum Gasteiger partial charge on any atom is -0.288 e. The van der Waals surface area contributed by atoms with Crippen LogP contribution in [-0.2, 0) is 16.0 Å². The highest BCUT2D eigenvalue weighted by Gasteiger charge is 2.32. The second kappa shape index (κ2) is 4.37. The Hall–Kier alpha value is -1.83. The Labute approximate surface area is 115 Å². The fourth-order valence-corrected chi connectivity index (χ4v) is 3.71. The third-order valence-electron chi connectivity index (χ3n) is 3.71. The zero-order valence-electron chi connectivity index (χ0n) is 10.7. The molecule has 0 unspecified atom stereocenters. The number of hydrogen-bond donors (Lipinski definition) is 0. The zero-order chi connectivity index (χ0) is 13.6. The number of Topliss-reactive ketones (excluding diaryl/α,β-unsaturated/α-hetero) is 1. The summed E-state index contributed by atoms with van der Waals surface area (Å²) in [5.74, 6) is 1.65. The van der Waals surface area contributed by atoms with Crippen molar-refractivity contribution < 1.29 is 9.59 Å². The molecule has 0 amide bonds. The Bertz CT molecular complexity index is 716. The molecule has 1 heterocycles. The molecule has 3 heteroatoms. The maximum absolute atomic E-state index is 12.4. The first-order valence-corrected chi connectivity index (χ1v) is 6.92. The highest BCUT2D eigenvalue weighted by atomic mass is 32.2. The van der Waals surface area contributed by atoms with E-state index < -0.39 is 0 Å². The van der Waals surface area contributed by atoms with Gasteiger partial charge in [0.05, 0.1) is 0 Å². The van der Waals surface area contributed by atoms with Crippen molar-refractivity contribution >= 4 is 23.5 Å². The monoisotopic (exact) mass is 268 g/mol. The lowest BCUT2D eigenvalue weighted by Crippen LogP contribution is -2.20. The molecule has 1 aromatic carbocycles. The van der Waals surface area contributed by atoms with Gasteiger partial charge in [0.25, 0.3) is 0 Å². The topological polar surface area (TPSA) is 34.1 Å². The number of fused-ring (bicyclic) bond motifs is 1. The molecule has 0 aromatic heterocycles. The maximum Gasteiger partial charge on any atom is 0.201 e. The molecule has 0 N–H and O–H groups in total. The number of hydrogen-bond acceptors (Lipinski definition) is 3. The van der Waals surface area contributed by atoms with Crippen molar-refractivity contribution in [1.29, 1.82) is 0 Å². The van der Waals surface area contributed by atoms with Crippen LogP contribution in [0.4, 0.5) is 0 Å². The van der Waals surface area contributed by atoms with Crippen molar-refractivity contribution in [3.05, 3.63) is 57.0 Å². The van der Waals surface area contributed by atoms with Crippen LogP contribution in [0.1, 0.15) is 19.4 Å². The minimum atomic E-state index is -0.157. The van der Waals surface area contributed by atoms with E-state index in [4.69, 9.17) is 0 Å². The summed E-state index contributed by atoms with van der Waals surface area (Å²) in [6.45, 7) is 3.79. The first kappa shape index (κ1) is 12.2. The molecule has 3 rings (SSSR count). The first-order chi connectivity index (χ1) is 9.13. The van der Waals surface area contributed by atoms with E-state index in [0.717, 1.165) is 27.2 Å². The normalized spacial score (nSPS) is 18.2. The smallest absolute Gasteiger partial charge is 0.201 e. The van der Waals surface area contributed by atoms with E-state index in [1.54, 1.807) is 17.7 Å². The third-order valence-corrected chi connectivity index (χ3v) is 5.08. The van der Waals surface area contributed by atoms with Crippen molar-refractivity contribution in [3.63, 3.8) is 0 Å². The molecule has 0 atom stereocenters. The van der Waals surface area contributed by atoms with Crippen molar-refractivity contribution in [3.8, 4) is 0 Å². The number of carbonyl (C=O) groups is 1. The van der Waals surface area contributed by atoms with Crippen LogP contribution in [0, 0.1) is 0 Å². The van der Waals surface area contributed by atoms with Gasteiger partial charge in [0.1, 0.15) is 11.5 Å². The fraction of sp³-hybridized carbons (Fsp3) is 0.188. The molecule has 0 fully saturated rings. The maximum atomic E-state index is 12.4. The Kier molecular flexibility index (Phi) is 2.81. The van der Waals surface area contributed by atoms with Gasteiger partial charge in [0, 0.05) is 21.8 Å². The summed E-state index contributed by atoms with van der Waals surface area (Å²) in [5.41, 5.74) is 3.86. The van der Waals surface area contributed by atoms with Crippen molar-refractivity contribution in [2.45, 2.75) is 25.2 Å². The second-order valence-electron chi connectivity index (χ2n) is 4.75. The lowest BCUT2D eigenvalue weighted by atomic mass is 9.85. The summed E-state index contributed by atoms with van der Waals surface area (Å²) in [6, 6.07) is 8.08. The zero-order valence-corrected chi connectivity index (χ0v) is 11.6. The Balaban J connectivity index is 2.19. The molecule has 2 nitrogen and oxygen atoms in total. The van der Waals surface area contributed by atoms with Crippen LogP contribution in [0.25, 0.3) is 0 Å². The molecule has 0 spiro atoms. The van der Waals surface area contributed by atoms with E-state index in [2.05, 4.69) is 6.07 Å². The van der Waals surface area contributed by atoms with Gasteiger partial charge in [-0.3, -0.25) is 4.79 Å². The molecule has 1 aliphatic carbocycles. The molecule has 1 aromatic rings. The molecular formula is C16H12O2S. The van der Waals surface area contributed by atoms with Crippen molar-refractivity contribution in [2.75, 3.05) is 0 Å². The number of ketones is 1. The number of rotatable bonds is 0. The van der Waals surface area contributed by atoms with Crippen LogP contribution < -0.4 is 0 Å². The van der Waals surface area contributed by atoms with Crippen LogP contribution in [0.2, 0.25) is 0 Å². The molecular weight excluding hydrogens is 256 g/mol. The van der Waals surface area contributed by atoms with Gasteiger partial charge in [-0.1, -0.05) is 30.0 Å². The van der Waals surface area contributed by atoms with Gasteiger partial charge in [0.2, 0.25) is 5.78 Å². The predicted octanol–water partition coefficient (Wildman–Crippen LogP) is 3.27. The van der Waals surface area contributed by atoms with Crippen LogP contribution in [0.15, 0.2) is 56.4 Å². The molecule has 1 aliphatic heterocycles. The number of thioether (sulfide) groups is 1. The van der Waals surface area contributed by atoms with Crippen LogP contribution >= 0.6 is 11.8 Å². The Morgan fingerprint density at radius 1 is 1.16 bits per heavy atom. The van der Waals surface area contributed by atoms with Crippen LogP contribution in [0.3, 0.4) is 0 Å². The highest BCUT2D eigenvalue weighted by Crippen LogP contribution is 2.46. The van der Waals surface area contributed by atoms with E-state index in [0.29, 0.717) is 6.42 Å². The molecule has 0 radical (unpaired) electrons. The summed E-state index contributed by atoms with van der Waals surface area (Å²) < 4.78 is 0. The molecule has 19 heavy (non-hydrogen) atoms. The van der Waals surface area contributed by atoms with Crippen molar-refractivity contribution in [1.82, 2.24) is 0 Å². The lowest BCUT2D eigenvalue weighted by Gasteiger charge is -2.27. The summed E-state index contributed by atoms with van der Waals surface area (Å²) >= 11 is 1.63. The van der Waals surface area contributed by atoms with Gasteiger partial charge in [-0.05, 0) is 36.6 Å². The standard InChI is InChI=1S/C16H12O2S/c1-9-10(2)16-12(15(18)13(9)8-17)7-11-5-3-4-6-14(11)19-16/h3-6H,7H2,1-2H3.